The van der Waals surface area contributed by atoms with Gasteiger partial charge >= 0.3 is 0 Å². The molecule has 1 aromatic heterocycles. The van der Waals surface area contributed by atoms with E-state index >= 15 is 0 Å². The monoisotopic (exact) mass is 224 g/mol. The Hall–Kier alpha value is -1.48. The normalized spacial score (nSPS) is 10.5. The maximum Gasteiger partial charge on any atom is 0.205 e. The van der Waals surface area contributed by atoms with Gasteiger partial charge in [-0.3, -0.25) is 4.79 Å². The third kappa shape index (κ3) is 1.59. The van der Waals surface area contributed by atoms with Gasteiger partial charge in [0.1, 0.15) is 0 Å². The molecule has 0 aliphatic carbocycles. The lowest BCUT2D eigenvalue weighted by atomic mass is 10.2. The molecule has 1 heterocycles. The van der Waals surface area contributed by atoms with Gasteiger partial charge in [-0.15, -0.1) is 0 Å². The van der Waals surface area contributed by atoms with Crippen LogP contribution in [0.1, 0.15) is 17.3 Å². The Labute approximate surface area is 91.6 Å². The third-order valence-electron chi connectivity index (χ3n) is 2.09. The molecule has 0 radical (unpaired) electrons. The fourth-order valence-corrected chi connectivity index (χ4v) is 1.69. The van der Waals surface area contributed by atoms with Crippen LogP contribution in [0, 0.1) is 0 Å². The van der Waals surface area contributed by atoms with Gasteiger partial charge in [0.2, 0.25) is 5.22 Å². The van der Waals surface area contributed by atoms with Crippen LogP contribution in [0.25, 0.3) is 11.0 Å². The summed E-state index contributed by atoms with van der Waals surface area (Å²) in [5.74, 6) is 0.602. The number of para-hydroxylation sites is 1. The van der Waals surface area contributed by atoms with E-state index in [1.54, 1.807) is 18.2 Å². The van der Waals surface area contributed by atoms with Crippen molar-refractivity contribution in [2.24, 2.45) is 0 Å². The first-order chi connectivity index (χ1) is 7.27. The molecule has 0 N–H and O–H groups in total. The van der Waals surface area contributed by atoms with Gasteiger partial charge in [-0.25, -0.2) is 0 Å². The van der Waals surface area contributed by atoms with Crippen molar-refractivity contribution in [3.8, 4) is 5.75 Å². The number of furan rings is 1. The highest BCUT2D eigenvalue weighted by Crippen LogP contribution is 2.34. The Bertz CT molecular complexity index is 502. The lowest BCUT2D eigenvalue weighted by Crippen LogP contribution is -1.91. The highest BCUT2D eigenvalue weighted by Gasteiger charge is 2.14. The van der Waals surface area contributed by atoms with Crippen molar-refractivity contribution in [2.75, 3.05) is 6.61 Å². The second-order valence-electron chi connectivity index (χ2n) is 2.97. The number of fused-ring (bicyclic) bond motifs is 1. The Morgan fingerprint density at radius 3 is 3.00 bits per heavy atom. The van der Waals surface area contributed by atoms with Crippen molar-refractivity contribution in [1.82, 2.24) is 0 Å². The van der Waals surface area contributed by atoms with Crippen LogP contribution in [-0.2, 0) is 0 Å². The van der Waals surface area contributed by atoms with Gasteiger partial charge in [-0.2, -0.15) is 0 Å². The van der Waals surface area contributed by atoms with E-state index in [1.807, 2.05) is 6.92 Å². The number of ether oxygens (including phenoxy) is 1. The lowest BCUT2D eigenvalue weighted by Gasteiger charge is -2.01. The molecule has 0 fully saturated rings. The quantitative estimate of drug-likeness (QED) is 0.751. The molecule has 0 spiro atoms. The molecule has 1 aromatic carbocycles. The molecule has 0 saturated carbocycles. The molecule has 0 saturated heterocycles. The van der Waals surface area contributed by atoms with Crippen molar-refractivity contribution in [3.05, 3.63) is 29.0 Å². The van der Waals surface area contributed by atoms with Crippen LogP contribution in [-0.4, -0.2) is 12.9 Å². The summed E-state index contributed by atoms with van der Waals surface area (Å²) in [6.45, 7) is 2.41. The summed E-state index contributed by atoms with van der Waals surface area (Å²) >= 11 is 5.79. The fraction of sp³-hybridized carbons (Fsp3) is 0.182. The number of hydrogen-bond acceptors (Lipinski definition) is 3. The smallest absolute Gasteiger partial charge is 0.205 e. The summed E-state index contributed by atoms with van der Waals surface area (Å²) in [6, 6.07) is 5.35. The standard InChI is InChI=1S/C11H9ClO3/c1-2-14-9-5-3-4-7-8(6-13)11(12)15-10(7)9/h3-6H,2H2,1H3. The van der Waals surface area contributed by atoms with Gasteiger partial charge in [0.15, 0.2) is 17.6 Å². The molecular weight excluding hydrogens is 216 g/mol. The predicted octanol–water partition coefficient (Wildman–Crippen LogP) is 3.30. The molecule has 0 bridgehead atoms. The third-order valence-corrected chi connectivity index (χ3v) is 2.37. The molecule has 0 aliphatic heterocycles. The first-order valence-electron chi connectivity index (χ1n) is 4.57. The van der Waals surface area contributed by atoms with Gasteiger partial charge in [0.05, 0.1) is 12.2 Å². The number of carbonyl (C=O) groups is 1. The molecular formula is C11H9ClO3. The van der Waals surface area contributed by atoms with Gasteiger partial charge in [0, 0.05) is 5.39 Å². The Morgan fingerprint density at radius 2 is 2.33 bits per heavy atom. The minimum Gasteiger partial charge on any atom is -0.490 e. The van der Waals surface area contributed by atoms with E-state index < -0.39 is 0 Å². The fourth-order valence-electron chi connectivity index (χ4n) is 1.46. The summed E-state index contributed by atoms with van der Waals surface area (Å²) in [5, 5.41) is 0.785. The molecule has 15 heavy (non-hydrogen) atoms. The van der Waals surface area contributed by atoms with Crippen molar-refractivity contribution in [1.29, 1.82) is 0 Å². The zero-order valence-corrected chi connectivity index (χ0v) is 8.88. The topological polar surface area (TPSA) is 39.4 Å². The predicted molar refractivity (Wildman–Crippen MR) is 57.8 cm³/mol. The zero-order chi connectivity index (χ0) is 10.8. The molecule has 4 heteroatoms. The molecule has 3 nitrogen and oxygen atoms in total. The maximum atomic E-state index is 10.8. The van der Waals surface area contributed by atoms with Crippen LogP contribution in [0.2, 0.25) is 5.22 Å². The number of aldehydes is 1. The van der Waals surface area contributed by atoms with E-state index in [-0.39, 0.29) is 5.22 Å². The highest BCUT2D eigenvalue weighted by molar-refractivity contribution is 6.33. The second-order valence-corrected chi connectivity index (χ2v) is 3.32. The van der Waals surface area contributed by atoms with Crippen LogP contribution >= 0.6 is 11.6 Å². The Kier molecular flexibility index (Phi) is 2.64. The average molecular weight is 225 g/mol. The Balaban J connectivity index is 2.71. The summed E-state index contributed by atoms with van der Waals surface area (Å²) in [4.78, 5) is 10.8. The summed E-state index contributed by atoms with van der Waals surface area (Å²) in [7, 11) is 0. The van der Waals surface area contributed by atoms with Gasteiger partial charge in [-0.05, 0) is 24.6 Å². The molecule has 0 atom stereocenters. The molecule has 0 amide bonds. The maximum absolute atomic E-state index is 10.8. The van der Waals surface area contributed by atoms with Crippen molar-refractivity contribution >= 4 is 28.9 Å². The number of rotatable bonds is 3. The first-order valence-corrected chi connectivity index (χ1v) is 4.94. The number of carbonyl (C=O) groups excluding carboxylic acids is 1. The van der Waals surface area contributed by atoms with Crippen LogP contribution in [0.5, 0.6) is 5.75 Å². The Morgan fingerprint density at radius 1 is 1.53 bits per heavy atom. The molecule has 0 unspecified atom stereocenters. The first kappa shape index (κ1) is 10.1. The van der Waals surface area contributed by atoms with E-state index in [1.165, 1.54) is 0 Å². The van der Waals surface area contributed by atoms with Crippen LogP contribution in [0.15, 0.2) is 22.6 Å². The van der Waals surface area contributed by atoms with Gasteiger partial charge < -0.3 is 9.15 Å². The van der Waals surface area contributed by atoms with Gasteiger partial charge in [-0.1, -0.05) is 12.1 Å². The summed E-state index contributed by atoms with van der Waals surface area (Å²) in [5.41, 5.74) is 0.889. The SMILES string of the molecule is CCOc1cccc2c(C=O)c(Cl)oc12. The van der Waals surface area contributed by atoms with E-state index in [0.29, 0.717) is 35.2 Å². The summed E-state index contributed by atoms with van der Waals surface area (Å²) in [6.07, 6.45) is 0.684. The average Bonchev–Trinajstić information content (AvgIpc) is 2.55. The van der Waals surface area contributed by atoms with E-state index in [0.717, 1.165) is 0 Å². The lowest BCUT2D eigenvalue weighted by molar-refractivity contribution is 0.112. The molecule has 0 aliphatic rings. The second kappa shape index (κ2) is 3.95. The molecule has 78 valence electrons. The van der Waals surface area contributed by atoms with Crippen LogP contribution in [0.3, 0.4) is 0 Å². The van der Waals surface area contributed by atoms with Crippen molar-refractivity contribution in [2.45, 2.75) is 6.92 Å². The number of benzene rings is 1. The van der Waals surface area contributed by atoms with Crippen LogP contribution in [0.4, 0.5) is 0 Å². The van der Waals surface area contributed by atoms with E-state index in [9.17, 15) is 4.79 Å². The highest BCUT2D eigenvalue weighted by atomic mass is 35.5. The molecule has 2 rings (SSSR count). The summed E-state index contributed by atoms with van der Waals surface area (Å²) < 4.78 is 10.6. The van der Waals surface area contributed by atoms with Crippen molar-refractivity contribution in [3.63, 3.8) is 0 Å². The largest absolute Gasteiger partial charge is 0.490 e. The van der Waals surface area contributed by atoms with Gasteiger partial charge in [0.25, 0.3) is 0 Å². The minimum absolute atomic E-state index is 0.104. The van der Waals surface area contributed by atoms with Crippen LogP contribution < -0.4 is 4.74 Å². The van der Waals surface area contributed by atoms with Crippen molar-refractivity contribution < 1.29 is 13.9 Å². The van der Waals surface area contributed by atoms with E-state index in [2.05, 4.69) is 0 Å². The number of hydrogen-bond donors (Lipinski definition) is 0. The minimum atomic E-state index is 0.104. The zero-order valence-electron chi connectivity index (χ0n) is 8.12. The molecule has 2 aromatic rings. The van der Waals surface area contributed by atoms with E-state index in [4.69, 9.17) is 20.8 Å². The number of halogens is 1.